The Hall–Kier alpha value is -3.25. The summed E-state index contributed by atoms with van der Waals surface area (Å²) in [5, 5.41) is 14.4. The number of hydrogen-bond acceptors (Lipinski definition) is 5. The largest absolute Gasteiger partial charge is 0.338 e. The first-order valence-electron chi connectivity index (χ1n) is 9.53. The molecule has 1 amide bonds. The lowest BCUT2D eigenvalue weighted by atomic mass is 9.98. The highest BCUT2D eigenvalue weighted by molar-refractivity contribution is 6.02. The summed E-state index contributed by atoms with van der Waals surface area (Å²) >= 11 is 0. The van der Waals surface area contributed by atoms with Gasteiger partial charge in [-0.1, -0.05) is 37.3 Å². The number of amides is 1. The number of hydrogen-bond donors (Lipinski definition) is 2. The molecule has 142 valence electrons. The second-order valence-electron chi connectivity index (χ2n) is 6.81. The molecule has 4 rings (SSSR count). The Morgan fingerprint density at radius 1 is 1.04 bits per heavy atom. The lowest BCUT2D eigenvalue weighted by Gasteiger charge is -2.29. The van der Waals surface area contributed by atoms with E-state index in [0.29, 0.717) is 5.82 Å². The minimum absolute atomic E-state index is 0.276. The van der Waals surface area contributed by atoms with Crippen LogP contribution in [0.4, 0.5) is 17.2 Å². The number of para-hydroxylation sites is 1. The summed E-state index contributed by atoms with van der Waals surface area (Å²) in [4.78, 5) is 14.7. The van der Waals surface area contributed by atoms with Gasteiger partial charge in [0.15, 0.2) is 11.5 Å². The van der Waals surface area contributed by atoms with Crippen molar-refractivity contribution >= 4 is 23.1 Å². The van der Waals surface area contributed by atoms with E-state index in [1.807, 2.05) is 30.3 Å². The molecule has 0 radical (unpaired) electrons. The van der Waals surface area contributed by atoms with Crippen molar-refractivity contribution in [3.8, 4) is 0 Å². The molecule has 2 N–H and O–H groups in total. The number of likely N-dealkylation sites (N-methyl/N-ethyl adjacent to an activating group) is 1. The molecule has 28 heavy (non-hydrogen) atoms. The number of anilines is 3. The molecule has 3 aromatic rings. The number of nitrogens with one attached hydrogen (secondary N) is 2. The Kier molecular flexibility index (Phi) is 5.30. The van der Waals surface area contributed by atoms with Crippen molar-refractivity contribution in [3.63, 3.8) is 0 Å². The van der Waals surface area contributed by atoms with Gasteiger partial charge < -0.3 is 10.6 Å². The third-order valence-electron chi connectivity index (χ3n) is 4.98. The van der Waals surface area contributed by atoms with Gasteiger partial charge in [0.25, 0.3) is 5.91 Å². The molecule has 0 aliphatic carbocycles. The van der Waals surface area contributed by atoms with Crippen LogP contribution in [0.1, 0.15) is 28.5 Å². The molecular formula is C22H23N5O. The summed E-state index contributed by atoms with van der Waals surface area (Å²) in [6.45, 7) is 5.30. The van der Waals surface area contributed by atoms with Crippen LogP contribution in [0.2, 0.25) is 0 Å². The van der Waals surface area contributed by atoms with Crippen molar-refractivity contribution in [1.82, 2.24) is 15.1 Å². The monoisotopic (exact) mass is 373 g/mol. The molecule has 6 nitrogen and oxygen atoms in total. The molecule has 0 bridgehead atoms. The average Bonchev–Trinajstić information content (AvgIpc) is 2.75. The predicted octanol–water partition coefficient (Wildman–Crippen LogP) is 3.85. The van der Waals surface area contributed by atoms with Crippen LogP contribution in [0.5, 0.6) is 0 Å². The standard InChI is InChI=1S/C22H23N5O/c1-2-27-14-13-18-16(15-27)7-6-10-19(18)24-21-12-11-20(25-26-21)22(28)23-17-8-4-3-5-9-17/h3-12H,2,13-15H2,1H3,(H,23,28)(H,24,26). The normalized spacial score (nSPS) is 13.6. The van der Waals surface area contributed by atoms with Crippen LogP contribution in [0, 0.1) is 0 Å². The first-order chi connectivity index (χ1) is 13.7. The van der Waals surface area contributed by atoms with Crippen molar-refractivity contribution in [2.45, 2.75) is 19.9 Å². The van der Waals surface area contributed by atoms with Gasteiger partial charge in [-0.05, 0) is 54.4 Å². The van der Waals surface area contributed by atoms with Crippen LogP contribution in [0.25, 0.3) is 0 Å². The maximum atomic E-state index is 12.3. The highest BCUT2D eigenvalue weighted by atomic mass is 16.1. The van der Waals surface area contributed by atoms with Crippen molar-refractivity contribution in [3.05, 3.63) is 77.5 Å². The third-order valence-corrected chi connectivity index (χ3v) is 4.98. The van der Waals surface area contributed by atoms with E-state index in [4.69, 9.17) is 0 Å². The Bertz CT molecular complexity index is 956. The molecular weight excluding hydrogens is 350 g/mol. The van der Waals surface area contributed by atoms with Crippen molar-refractivity contribution in [1.29, 1.82) is 0 Å². The number of nitrogens with zero attached hydrogens (tertiary/aromatic N) is 3. The molecule has 0 fully saturated rings. The first kappa shape index (κ1) is 18.1. The SMILES string of the molecule is CCN1CCc2c(cccc2Nc2ccc(C(=O)Nc3ccccc3)nn2)C1. The number of carbonyl (C=O) groups is 1. The Morgan fingerprint density at radius 2 is 1.89 bits per heavy atom. The van der Waals surface area contributed by atoms with E-state index in [1.165, 1.54) is 11.1 Å². The molecule has 1 aliphatic heterocycles. The fraction of sp³-hybridized carbons (Fsp3) is 0.227. The lowest BCUT2D eigenvalue weighted by molar-refractivity contribution is 0.102. The summed E-state index contributed by atoms with van der Waals surface area (Å²) in [6, 6.07) is 19.1. The summed E-state index contributed by atoms with van der Waals surface area (Å²) in [7, 11) is 0. The molecule has 0 unspecified atom stereocenters. The fourth-order valence-corrected chi connectivity index (χ4v) is 3.43. The summed E-state index contributed by atoms with van der Waals surface area (Å²) in [6.07, 6.45) is 1.01. The van der Waals surface area contributed by atoms with Gasteiger partial charge in [0.2, 0.25) is 0 Å². The molecule has 0 saturated carbocycles. The van der Waals surface area contributed by atoms with Crippen LogP contribution in [-0.4, -0.2) is 34.1 Å². The van der Waals surface area contributed by atoms with Gasteiger partial charge in [-0.25, -0.2) is 0 Å². The molecule has 0 atom stereocenters. The zero-order valence-electron chi connectivity index (χ0n) is 15.9. The molecule has 2 heterocycles. The van der Waals surface area contributed by atoms with Gasteiger partial charge in [-0.2, -0.15) is 0 Å². The van der Waals surface area contributed by atoms with Gasteiger partial charge in [0.1, 0.15) is 0 Å². The first-order valence-corrected chi connectivity index (χ1v) is 9.53. The highest BCUT2D eigenvalue weighted by Gasteiger charge is 2.18. The minimum atomic E-state index is -0.276. The fourth-order valence-electron chi connectivity index (χ4n) is 3.43. The van der Waals surface area contributed by atoms with Crippen molar-refractivity contribution < 1.29 is 4.79 Å². The quantitative estimate of drug-likeness (QED) is 0.711. The molecule has 0 spiro atoms. The Balaban J connectivity index is 1.46. The summed E-state index contributed by atoms with van der Waals surface area (Å²) in [5.74, 6) is 0.351. The van der Waals surface area contributed by atoms with E-state index in [9.17, 15) is 4.79 Å². The number of rotatable bonds is 5. The van der Waals surface area contributed by atoms with E-state index in [0.717, 1.165) is 37.4 Å². The molecule has 0 saturated heterocycles. The van der Waals surface area contributed by atoms with Crippen LogP contribution in [0.3, 0.4) is 0 Å². The van der Waals surface area contributed by atoms with Gasteiger partial charge in [-0.15, -0.1) is 10.2 Å². The van der Waals surface area contributed by atoms with Crippen LogP contribution in [0.15, 0.2) is 60.7 Å². The van der Waals surface area contributed by atoms with E-state index < -0.39 is 0 Å². The molecule has 2 aromatic carbocycles. The molecule has 1 aromatic heterocycles. The number of aromatic nitrogens is 2. The summed E-state index contributed by atoms with van der Waals surface area (Å²) < 4.78 is 0. The van der Waals surface area contributed by atoms with Crippen molar-refractivity contribution in [2.24, 2.45) is 0 Å². The summed E-state index contributed by atoms with van der Waals surface area (Å²) in [5.41, 5.74) is 4.76. The lowest BCUT2D eigenvalue weighted by Crippen LogP contribution is -2.30. The maximum absolute atomic E-state index is 12.3. The second-order valence-corrected chi connectivity index (χ2v) is 6.81. The zero-order valence-corrected chi connectivity index (χ0v) is 15.9. The van der Waals surface area contributed by atoms with Gasteiger partial charge in [0.05, 0.1) is 0 Å². The minimum Gasteiger partial charge on any atom is -0.338 e. The van der Waals surface area contributed by atoms with Crippen LogP contribution >= 0.6 is 0 Å². The number of benzene rings is 2. The van der Waals surface area contributed by atoms with Crippen LogP contribution < -0.4 is 10.6 Å². The smallest absolute Gasteiger partial charge is 0.276 e. The Labute approximate surface area is 164 Å². The highest BCUT2D eigenvalue weighted by Crippen LogP contribution is 2.28. The van der Waals surface area contributed by atoms with E-state index in [1.54, 1.807) is 12.1 Å². The predicted molar refractivity (Wildman–Crippen MR) is 111 cm³/mol. The van der Waals surface area contributed by atoms with Gasteiger partial charge >= 0.3 is 0 Å². The molecule has 6 heteroatoms. The zero-order chi connectivity index (χ0) is 19.3. The second kappa shape index (κ2) is 8.19. The topological polar surface area (TPSA) is 70.2 Å². The third kappa shape index (κ3) is 4.02. The number of fused-ring (bicyclic) bond motifs is 1. The average molecular weight is 373 g/mol. The van der Waals surface area contributed by atoms with Gasteiger partial charge in [0, 0.05) is 24.5 Å². The van der Waals surface area contributed by atoms with E-state index >= 15 is 0 Å². The number of carbonyl (C=O) groups excluding carboxylic acids is 1. The maximum Gasteiger partial charge on any atom is 0.276 e. The van der Waals surface area contributed by atoms with Crippen molar-refractivity contribution in [2.75, 3.05) is 23.7 Å². The van der Waals surface area contributed by atoms with Gasteiger partial charge in [-0.3, -0.25) is 9.69 Å². The van der Waals surface area contributed by atoms with E-state index in [-0.39, 0.29) is 11.6 Å². The molecule has 1 aliphatic rings. The van der Waals surface area contributed by atoms with E-state index in [2.05, 4.69) is 50.9 Å². The Morgan fingerprint density at radius 3 is 2.64 bits per heavy atom. The van der Waals surface area contributed by atoms with Crippen LogP contribution in [-0.2, 0) is 13.0 Å².